The largest absolute Gasteiger partial charge is 0.462 e. The number of rotatable bonds is 7. The molecule has 0 radical (unpaired) electrons. The second kappa shape index (κ2) is 9.42. The van der Waals surface area contributed by atoms with Gasteiger partial charge in [-0.1, -0.05) is 54.6 Å². The van der Waals surface area contributed by atoms with Gasteiger partial charge in [0.2, 0.25) is 0 Å². The summed E-state index contributed by atoms with van der Waals surface area (Å²) in [5.41, 5.74) is 1.90. The Labute approximate surface area is 193 Å². The number of carbonyl (C=O) groups is 1. The molecular weight excluding hydrogens is 436 g/mol. The molecule has 7 heteroatoms. The van der Waals surface area contributed by atoms with Crippen LogP contribution in [0.5, 0.6) is 0 Å². The van der Waals surface area contributed by atoms with E-state index in [2.05, 4.69) is 4.98 Å². The fourth-order valence-corrected chi connectivity index (χ4v) is 5.14. The highest BCUT2D eigenvalue weighted by Crippen LogP contribution is 2.31. The van der Waals surface area contributed by atoms with Gasteiger partial charge in [0.1, 0.15) is 5.82 Å². The van der Waals surface area contributed by atoms with Crippen LogP contribution in [0.1, 0.15) is 28.4 Å². The Morgan fingerprint density at radius 1 is 0.939 bits per heavy atom. The summed E-state index contributed by atoms with van der Waals surface area (Å²) in [5.74, 6) is -0.123. The second-order valence-corrected chi connectivity index (χ2v) is 9.40. The Hall–Kier alpha value is -3.71. The van der Waals surface area contributed by atoms with Gasteiger partial charge in [-0.2, -0.15) is 0 Å². The SMILES string of the molecule is CCOC(=O)c1ccc(S(=O)(=O)N(Cc2ccccc2)c2ncc3ccccc3c2C)cc1. The third-order valence-corrected chi connectivity index (χ3v) is 7.14. The molecule has 1 heterocycles. The normalized spacial score (nSPS) is 11.3. The maximum atomic E-state index is 13.8. The Balaban J connectivity index is 1.81. The van der Waals surface area contributed by atoms with Crippen molar-refractivity contribution in [2.24, 2.45) is 0 Å². The van der Waals surface area contributed by atoms with Gasteiger partial charge in [0, 0.05) is 17.1 Å². The highest BCUT2D eigenvalue weighted by molar-refractivity contribution is 7.92. The van der Waals surface area contributed by atoms with Crippen LogP contribution in [0.3, 0.4) is 0 Å². The summed E-state index contributed by atoms with van der Waals surface area (Å²) < 4.78 is 33.9. The van der Waals surface area contributed by atoms with Crippen molar-refractivity contribution in [2.45, 2.75) is 25.3 Å². The monoisotopic (exact) mass is 460 g/mol. The molecule has 0 amide bonds. The van der Waals surface area contributed by atoms with Gasteiger partial charge in [0.25, 0.3) is 10.0 Å². The van der Waals surface area contributed by atoms with Crippen LogP contribution >= 0.6 is 0 Å². The van der Waals surface area contributed by atoms with Crippen LogP contribution in [0.25, 0.3) is 10.8 Å². The molecule has 0 unspecified atom stereocenters. The van der Waals surface area contributed by atoms with E-state index in [9.17, 15) is 13.2 Å². The molecule has 168 valence electrons. The van der Waals surface area contributed by atoms with Crippen molar-refractivity contribution in [1.29, 1.82) is 0 Å². The number of ether oxygens (including phenoxy) is 1. The van der Waals surface area contributed by atoms with Gasteiger partial charge in [-0.05, 0) is 49.1 Å². The third kappa shape index (κ3) is 4.59. The summed E-state index contributed by atoms with van der Waals surface area (Å²) >= 11 is 0. The van der Waals surface area contributed by atoms with Gasteiger partial charge in [-0.15, -0.1) is 0 Å². The van der Waals surface area contributed by atoms with Gasteiger partial charge in [0.15, 0.2) is 0 Å². The molecule has 0 bridgehead atoms. The van der Waals surface area contributed by atoms with E-state index in [0.717, 1.165) is 21.9 Å². The summed E-state index contributed by atoms with van der Waals surface area (Å²) in [6, 6.07) is 22.9. The lowest BCUT2D eigenvalue weighted by molar-refractivity contribution is 0.0526. The summed E-state index contributed by atoms with van der Waals surface area (Å²) in [6.45, 7) is 3.96. The minimum Gasteiger partial charge on any atom is -0.462 e. The highest BCUT2D eigenvalue weighted by atomic mass is 32.2. The molecule has 0 saturated heterocycles. The van der Waals surface area contributed by atoms with E-state index in [1.54, 1.807) is 13.1 Å². The van der Waals surface area contributed by atoms with Gasteiger partial charge in [-0.3, -0.25) is 0 Å². The minimum absolute atomic E-state index is 0.0702. The predicted octanol–water partition coefficient (Wildman–Crippen LogP) is 5.12. The number of pyridine rings is 1. The van der Waals surface area contributed by atoms with Crippen LogP contribution in [0.2, 0.25) is 0 Å². The van der Waals surface area contributed by atoms with Gasteiger partial charge < -0.3 is 4.74 Å². The summed E-state index contributed by atoms with van der Waals surface area (Å²) in [7, 11) is -3.98. The number of benzene rings is 3. The van der Waals surface area contributed by atoms with E-state index in [4.69, 9.17) is 4.74 Å². The lowest BCUT2D eigenvalue weighted by Gasteiger charge is -2.26. The van der Waals surface area contributed by atoms with Gasteiger partial charge >= 0.3 is 5.97 Å². The zero-order valence-electron chi connectivity index (χ0n) is 18.4. The van der Waals surface area contributed by atoms with Crippen LogP contribution in [0.15, 0.2) is 90.0 Å². The van der Waals surface area contributed by atoms with Crippen LogP contribution < -0.4 is 4.31 Å². The number of aromatic nitrogens is 1. The highest BCUT2D eigenvalue weighted by Gasteiger charge is 2.28. The molecule has 0 saturated carbocycles. The number of hydrogen-bond acceptors (Lipinski definition) is 5. The molecule has 33 heavy (non-hydrogen) atoms. The smallest absolute Gasteiger partial charge is 0.338 e. The molecule has 0 atom stereocenters. The van der Waals surface area contributed by atoms with E-state index in [0.29, 0.717) is 11.4 Å². The first kappa shape index (κ1) is 22.5. The van der Waals surface area contributed by atoms with Crippen molar-refractivity contribution in [3.63, 3.8) is 0 Å². The number of esters is 1. The zero-order valence-corrected chi connectivity index (χ0v) is 19.2. The van der Waals surface area contributed by atoms with E-state index < -0.39 is 16.0 Å². The van der Waals surface area contributed by atoms with Crippen LogP contribution in [-0.2, 0) is 21.3 Å². The van der Waals surface area contributed by atoms with Crippen molar-refractivity contribution in [1.82, 2.24) is 4.98 Å². The molecule has 0 fully saturated rings. The second-order valence-electron chi connectivity index (χ2n) is 7.54. The number of fused-ring (bicyclic) bond motifs is 1. The number of aryl methyl sites for hydroxylation is 1. The van der Waals surface area contributed by atoms with Gasteiger partial charge in [-0.25, -0.2) is 22.5 Å². The number of anilines is 1. The van der Waals surface area contributed by atoms with Crippen LogP contribution in [-0.4, -0.2) is 26.0 Å². The van der Waals surface area contributed by atoms with Crippen molar-refractivity contribution >= 4 is 32.6 Å². The number of nitrogens with zero attached hydrogens (tertiary/aromatic N) is 2. The summed E-state index contributed by atoms with van der Waals surface area (Å²) in [4.78, 5) is 16.6. The zero-order chi connectivity index (χ0) is 23.4. The third-order valence-electron chi connectivity index (χ3n) is 5.38. The average molecular weight is 461 g/mol. The van der Waals surface area contributed by atoms with E-state index in [-0.39, 0.29) is 18.0 Å². The van der Waals surface area contributed by atoms with Crippen molar-refractivity contribution in [2.75, 3.05) is 10.9 Å². The molecule has 6 nitrogen and oxygen atoms in total. The average Bonchev–Trinajstić information content (AvgIpc) is 2.84. The summed E-state index contributed by atoms with van der Waals surface area (Å²) in [5, 5.41) is 1.88. The van der Waals surface area contributed by atoms with E-state index in [1.165, 1.54) is 28.6 Å². The fourth-order valence-electron chi connectivity index (χ4n) is 3.68. The lowest BCUT2D eigenvalue weighted by Crippen LogP contribution is -2.32. The Morgan fingerprint density at radius 3 is 2.30 bits per heavy atom. The van der Waals surface area contributed by atoms with Crippen molar-refractivity contribution < 1.29 is 17.9 Å². The van der Waals surface area contributed by atoms with E-state index in [1.807, 2.05) is 61.5 Å². The van der Waals surface area contributed by atoms with E-state index >= 15 is 0 Å². The molecule has 0 aliphatic carbocycles. The first-order valence-electron chi connectivity index (χ1n) is 10.6. The number of sulfonamides is 1. The first-order chi connectivity index (χ1) is 15.9. The Kier molecular flexibility index (Phi) is 6.42. The minimum atomic E-state index is -3.98. The molecule has 0 aliphatic rings. The van der Waals surface area contributed by atoms with Crippen molar-refractivity contribution in [3.8, 4) is 0 Å². The quantitative estimate of drug-likeness (QED) is 0.358. The van der Waals surface area contributed by atoms with Gasteiger partial charge in [0.05, 0.1) is 23.6 Å². The number of carbonyl (C=O) groups excluding carboxylic acids is 1. The molecule has 0 N–H and O–H groups in total. The lowest BCUT2D eigenvalue weighted by atomic mass is 10.1. The standard InChI is InChI=1S/C26H24N2O4S/c1-3-32-26(29)21-13-15-23(16-14-21)33(30,31)28(18-20-9-5-4-6-10-20)25-19(2)24-12-8-7-11-22(24)17-27-25/h4-17H,3,18H2,1-2H3. The fraction of sp³-hybridized carbons (Fsp3) is 0.154. The molecular formula is C26H24N2O4S. The molecule has 4 rings (SSSR count). The van der Waals surface area contributed by atoms with Crippen molar-refractivity contribution in [3.05, 3.63) is 102 Å². The molecule has 3 aromatic carbocycles. The van der Waals surface area contributed by atoms with Crippen LogP contribution in [0.4, 0.5) is 5.82 Å². The molecule has 0 spiro atoms. The molecule has 0 aliphatic heterocycles. The summed E-state index contributed by atoms with van der Waals surface area (Å²) in [6.07, 6.45) is 1.69. The maximum Gasteiger partial charge on any atom is 0.338 e. The number of hydrogen-bond donors (Lipinski definition) is 0. The topological polar surface area (TPSA) is 76.6 Å². The molecule has 4 aromatic rings. The molecule has 1 aromatic heterocycles. The Morgan fingerprint density at radius 2 is 1.61 bits per heavy atom. The first-order valence-corrected chi connectivity index (χ1v) is 12.0. The van der Waals surface area contributed by atoms with Crippen LogP contribution in [0, 0.1) is 6.92 Å². The maximum absolute atomic E-state index is 13.8. The predicted molar refractivity (Wildman–Crippen MR) is 129 cm³/mol. The Bertz CT molecular complexity index is 1390.